The first-order valence-corrected chi connectivity index (χ1v) is 20.8. The molecule has 5 aliphatic rings. The molecule has 1 aromatic heterocycles. The van der Waals surface area contributed by atoms with E-state index in [9.17, 15) is 9.59 Å². The molecule has 6 rings (SSSR count). The van der Waals surface area contributed by atoms with Gasteiger partial charge in [-0.25, -0.2) is 0 Å². The summed E-state index contributed by atoms with van der Waals surface area (Å²) >= 11 is 0. The number of fused-ring (bicyclic) bond motifs is 4. The van der Waals surface area contributed by atoms with E-state index in [1.165, 1.54) is 127 Å². The Kier molecular flexibility index (Phi) is 22.6. The Morgan fingerprint density at radius 2 is 0.902 bits per heavy atom. The number of carboxylic acids is 2. The second-order valence-electron chi connectivity index (χ2n) is 15.9. The van der Waals surface area contributed by atoms with Gasteiger partial charge < -0.3 is 31.5 Å². The van der Waals surface area contributed by atoms with E-state index in [1.807, 2.05) is 0 Å². The molecule has 9 nitrogen and oxygen atoms in total. The third-order valence-electron chi connectivity index (χ3n) is 11.9. The van der Waals surface area contributed by atoms with Crippen LogP contribution in [0, 0.1) is 11.8 Å². The molecule has 291 valence electrons. The molecule has 51 heavy (non-hydrogen) atoms. The van der Waals surface area contributed by atoms with Crippen LogP contribution in [0.2, 0.25) is 0 Å². The Labute approximate surface area is 319 Å². The number of hydrogen-bond donors (Lipinski definition) is 6. The second kappa shape index (κ2) is 26.3. The van der Waals surface area contributed by atoms with Crippen molar-refractivity contribution < 1.29 is 36.9 Å². The molecule has 2 heterocycles. The number of pyridine rings is 1. The maximum absolute atomic E-state index is 10.2. The molecule has 1 aliphatic heterocycles. The third kappa shape index (κ3) is 18.4. The monoisotopic (exact) mass is 752 g/mol. The average Bonchev–Trinajstić information content (AvgIpc) is 3.14. The summed E-state index contributed by atoms with van der Waals surface area (Å²) in [5.74, 6) is 0.368. The number of nitrogens with one attached hydrogen (secondary N) is 4. The standard InChI is InChI=1S/C21H35N5.2C10H18O2.Mn/c1-3-10-20-18(8-1)22-12-13-23-19-9-2-4-11-21(19)25-15-17-7-5-6-16(26-17)14-24-20;2*11-10(12)8-4-7-9-5-2-1-3-6-9;/h5-7,18-25H,1-4,8-15H2;2*9H,1-8H2,(H,11,12);/t18-,19-,20-,21-;;;/m0.../s1. The van der Waals surface area contributed by atoms with Crippen LogP contribution in [0.4, 0.5) is 0 Å². The summed E-state index contributed by atoms with van der Waals surface area (Å²) in [6, 6.07) is 8.81. The summed E-state index contributed by atoms with van der Waals surface area (Å²) in [6.07, 6.45) is 28.8. The molecule has 0 aromatic carbocycles. The van der Waals surface area contributed by atoms with E-state index in [1.54, 1.807) is 0 Å². The van der Waals surface area contributed by atoms with Crippen molar-refractivity contribution in [2.75, 3.05) is 13.1 Å². The maximum Gasteiger partial charge on any atom is 0.303 e. The maximum atomic E-state index is 10.2. The number of carbonyl (C=O) groups is 2. The molecule has 0 saturated heterocycles. The summed E-state index contributed by atoms with van der Waals surface area (Å²) in [5.41, 5.74) is 2.34. The van der Waals surface area contributed by atoms with E-state index < -0.39 is 11.9 Å². The van der Waals surface area contributed by atoms with Crippen LogP contribution in [-0.2, 0) is 39.7 Å². The molecule has 1 aromatic rings. The second-order valence-corrected chi connectivity index (χ2v) is 15.9. The van der Waals surface area contributed by atoms with Gasteiger partial charge in [-0.15, -0.1) is 0 Å². The first-order chi connectivity index (χ1) is 24.5. The summed E-state index contributed by atoms with van der Waals surface area (Å²) in [4.78, 5) is 25.4. The fourth-order valence-electron chi connectivity index (χ4n) is 8.99. The van der Waals surface area contributed by atoms with Crippen molar-refractivity contribution in [2.45, 2.75) is 191 Å². The van der Waals surface area contributed by atoms with Gasteiger partial charge in [0.1, 0.15) is 0 Å². The minimum Gasteiger partial charge on any atom is -0.481 e. The molecule has 4 fully saturated rings. The molecule has 2 bridgehead atoms. The fraction of sp³-hybridized carbons (Fsp3) is 0.829. The quantitative estimate of drug-likeness (QED) is 0.148. The SMILES string of the molecule is O=C(O)CCCC1CCCCC1.O=C(O)CCCC1CCCCC1.[Mn].c1cc2nc(c1)CN[C@H]1CCCC[C@@H]1NCCN[C@H]1CCCC[C@@H]1NC2. The Morgan fingerprint density at radius 1 is 0.549 bits per heavy atom. The molecule has 10 heteroatoms. The number of nitrogens with zero attached hydrogens (tertiary/aromatic N) is 1. The fourth-order valence-corrected chi connectivity index (χ4v) is 8.99. The number of aromatic nitrogens is 1. The van der Waals surface area contributed by atoms with Crippen LogP contribution in [-0.4, -0.2) is 64.4 Å². The Bertz CT molecular complexity index is 1000. The molecule has 6 N–H and O–H groups in total. The molecular weight excluding hydrogens is 681 g/mol. The van der Waals surface area contributed by atoms with Crippen LogP contribution >= 0.6 is 0 Å². The molecule has 4 atom stereocenters. The van der Waals surface area contributed by atoms with Crippen LogP contribution < -0.4 is 21.3 Å². The normalized spacial score (nSPS) is 26.4. The first kappa shape index (κ1) is 43.9. The minimum atomic E-state index is -0.647. The van der Waals surface area contributed by atoms with Crippen molar-refractivity contribution in [2.24, 2.45) is 11.8 Å². The van der Waals surface area contributed by atoms with Crippen molar-refractivity contribution >= 4 is 11.9 Å². The predicted octanol–water partition coefficient (Wildman–Crippen LogP) is 7.72. The zero-order valence-electron chi connectivity index (χ0n) is 31.5. The van der Waals surface area contributed by atoms with Gasteiger partial charge in [0.05, 0.1) is 11.4 Å². The molecule has 4 saturated carbocycles. The summed E-state index contributed by atoms with van der Waals surface area (Å²) in [6.45, 7) is 3.89. The Balaban J connectivity index is 0.000000235. The van der Waals surface area contributed by atoms with Crippen molar-refractivity contribution in [3.8, 4) is 0 Å². The van der Waals surface area contributed by atoms with Gasteiger partial charge in [0.2, 0.25) is 0 Å². The Morgan fingerprint density at radius 3 is 1.27 bits per heavy atom. The van der Waals surface area contributed by atoms with Gasteiger partial charge >= 0.3 is 11.9 Å². The van der Waals surface area contributed by atoms with E-state index in [2.05, 4.69) is 39.5 Å². The van der Waals surface area contributed by atoms with Crippen LogP contribution in [0.15, 0.2) is 18.2 Å². The van der Waals surface area contributed by atoms with E-state index in [0.717, 1.165) is 63.7 Å². The van der Waals surface area contributed by atoms with Gasteiger partial charge in [0.25, 0.3) is 0 Å². The number of hydrogen-bond acceptors (Lipinski definition) is 7. The summed E-state index contributed by atoms with van der Waals surface area (Å²) < 4.78 is 0. The first-order valence-electron chi connectivity index (χ1n) is 20.8. The average molecular weight is 753 g/mol. The number of carboxylic acid groups (broad SMARTS) is 2. The van der Waals surface area contributed by atoms with Gasteiger partial charge in [0, 0.05) is 80.3 Å². The molecule has 1 radical (unpaired) electrons. The third-order valence-corrected chi connectivity index (χ3v) is 11.9. The van der Waals surface area contributed by atoms with Crippen molar-refractivity contribution in [1.29, 1.82) is 0 Å². The van der Waals surface area contributed by atoms with E-state index >= 15 is 0 Å². The smallest absolute Gasteiger partial charge is 0.303 e. The van der Waals surface area contributed by atoms with E-state index in [0.29, 0.717) is 37.0 Å². The zero-order valence-corrected chi connectivity index (χ0v) is 32.7. The van der Waals surface area contributed by atoms with Crippen molar-refractivity contribution in [1.82, 2.24) is 26.3 Å². The minimum absolute atomic E-state index is 0. The Hall–Kier alpha value is -1.55. The van der Waals surface area contributed by atoms with E-state index in [-0.39, 0.29) is 17.1 Å². The van der Waals surface area contributed by atoms with Gasteiger partial charge in [-0.3, -0.25) is 14.6 Å². The number of rotatable bonds is 8. The van der Waals surface area contributed by atoms with Gasteiger partial charge in [0.15, 0.2) is 0 Å². The van der Waals surface area contributed by atoms with Gasteiger partial charge in [-0.05, 0) is 75.3 Å². The van der Waals surface area contributed by atoms with Crippen LogP contribution in [0.25, 0.3) is 0 Å². The van der Waals surface area contributed by atoms with Gasteiger partial charge in [-0.2, -0.15) is 0 Å². The topological polar surface area (TPSA) is 136 Å². The predicted molar refractivity (Wildman–Crippen MR) is 202 cm³/mol. The van der Waals surface area contributed by atoms with Crippen molar-refractivity contribution in [3.05, 3.63) is 29.6 Å². The molecular formula is C41H71MnN5O4. The number of aliphatic carboxylic acids is 2. The van der Waals surface area contributed by atoms with Crippen LogP contribution in [0.3, 0.4) is 0 Å². The summed E-state index contributed by atoms with van der Waals surface area (Å²) in [7, 11) is 0. The van der Waals surface area contributed by atoms with E-state index in [4.69, 9.17) is 15.2 Å². The molecule has 0 spiro atoms. The summed E-state index contributed by atoms with van der Waals surface area (Å²) in [5, 5.41) is 32.1. The van der Waals surface area contributed by atoms with Gasteiger partial charge in [-0.1, -0.05) is 96.0 Å². The van der Waals surface area contributed by atoms with Crippen molar-refractivity contribution in [3.63, 3.8) is 0 Å². The molecule has 0 unspecified atom stereocenters. The largest absolute Gasteiger partial charge is 0.481 e. The van der Waals surface area contributed by atoms with Crippen LogP contribution in [0.5, 0.6) is 0 Å². The zero-order chi connectivity index (χ0) is 35.2. The molecule has 4 aliphatic carbocycles. The molecule has 0 amide bonds. The van der Waals surface area contributed by atoms with Crippen LogP contribution in [0.1, 0.15) is 165 Å².